The van der Waals surface area contributed by atoms with Crippen molar-refractivity contribution in [3.63, 3.8) is 0 Å². The largest absolute Gasteiger partial charge is 0.196 e. The van der Waals surface area contributed by atoms with Crippen molar-refractivity contribution >= 4 is 28.9 Å². The number of rotatable bonds is 2. The first-order valence-corrected chi connectivity index (χ1v) is 8.18. The molecule has 0 saturated heterocycles. The number of hydrogen-bond acceptors (Lipinski definition) is 3. The predicted octanol–water partition coefficient (Wildman–Crippen LogP) is 4.73. The molecule has 6 heteroatoms. The van der Waals surface area contributed by atoms with Gasteiger partial charge in [0.15, 0.2) is 5.82 Å². The van der Waals surface area contributed by atoms with Gasteiger partial charge in [-0.15, -0.1) is 5.10 Å². The summed E-state index contributed by atoms with van der Waals surface area (Å²) < 4.78 is 1.72. The molecule has 0 aliphatic heterocycles. The highest BCUT2D eigenvalue weighted by Gasteiger charge is 2.24. The van der Waals surface area contributed by atoms with Gasteiger partial charge in [-0.25, -0.2) is 0 Å². The van der Waals surface area contributed by atoms with Gasteiger partial charge >= 0.3 is 0 Å². The molecule has 0 spiro atoms. The van der Waals surface area contributed by atoms with Crippen molar-refractivity contribution in [1.29, 1.82) is 0 Å². The van der Waals surface area contributed by atoms with Crippen LogP contribution in [0.2, 0.25) is 10.0 Å². The van der Waals surface area contributed by atoms with Gasteiger partial charge in [0.1, 0.15) is 0 Å². The van der Waals surface area contributed by atoms with Gasteiger partial charge in [0, 0.05) is 11.5 Å². The van der Waals surface area contributed by atoms with Crippen molar-refractivity contribution in [3.05, 3.63) is 82.4 Å². The molecular formula is C18H12Cl2N4. The average molecular weight is 355 g/mol. The number of tetrazole rings is 1. The lowest BCUT2D eigenvalue weighted by Crippen LogP contribution is -2.13. The Hall–Kier alpha value is -2.43. The van der Waals surface area contributed by atoms with Crippen molar-refractivity contribution < 1.29 is 0 Å². The molecule has 0 fully saturated rings. The van der Waals surface area contributed by atoms with Crippen LogP contribution in [-0.4, -0.2) is 20.2 Å². The van der Waals surface area contributed by atoms with Crippen molar-refractivity contribution in [2.24, 2.45) is 5.92 Å². The zero-order valence-electron chi connectivity index (χ0n) is 12.5. The maximum Gasteiger partial charge on any atom is 0.188 e. The van der Waals surface area contributed by atoms with Gasteiger partial charge in [-0.1, -0.05) is 71.8 Å². The van der Waals surface area contributed by atoms with Gasteiger partial charge in [0.05, 0.1) is 15.7 Å². The third kappa shape index (κ3) is 2.54. The number of allylic oxidation sites excluding steroid dienone is 10. The molecule has 1 heterocycles. The second-order valence-electron chi connectivity index (χ2n) is 5.38. The number of nitrogens with zero attached hydrogens (tertiary/aromatic N) is 4. The maximum atomic E-state index is 6.35. The molecule has 24 heavy (non-hydrogen) atoms. The van der Waals surface area contributed by atoms with Crippen LogP contribution in [0.4, 0.5) is 0 Å². The summed E-state index contributed by atoms with van der Waals surface area (Å²) in [6.07, 6.45) is 16.3. The summed E-state index contributed by atoms with van der Waals surface area (Å²) in [6.45, 7) is 0. The van der Waals surface area contributed by atoms with E-state index >= 15 is 0 Å². The normalized spacial score (nSPS) is 18.8. The van der Waals surface area contributed by atoms with E-state index in [1.165, 1.54) is 5.57 Å². The van der Waals surface area contributed by atoms with Crippen molar-refractivity contribution in [2.45, 2.75) is 0 Å². The van der Waals surface area contributed by atoms with E-state index in [0.29, 0.717) is 21.4 Å². The lowest BCUT2D eigenvalue weighted by molar-refractivity contribution is 0.762. The van der Waals surface area contributed by atoms with Crippen molar-refractivity contribution in [1.82, 2.24) is 20.2 Å². The molecule has 0 amide bonds. The molecule has 2 aliphatic rings. The topological polar surface area (TPSA) is 43.6 Å². The van der Waals surface area contributed by atoms with E-state index in [0.717, 1.165) is 5.70 Å². The summed E-state index contributed by atoms with van der Waals surface area (Å²) in [7, 11) is 0. The minimum Gasteiger partial charge on any atom is -0.196 e. The molecule has 118 valence electrons. The fraction of sp³-hybridized carbons (Fsp3) is 0.0556. The van der Waals surface area contributed by atoms with E-state index in [1.54, 1.807) is 10.7 Å². The summed E-state index contributed by atoms with van der Waals surface area (Å²) >= 11 is 12.5. The van der Waals surface area contributed by atoms with Gasteiger partial charge < -0.3 is 0 Å². The molecule has 1 aromatic heterocycles. The van der Waals surface area contributed by atoms with Crippen LogP contribution in [0.15, 0.2) is 72.4 Å². The summed E-state index contributed by atoms with van der Waals surface area (Å²) in [5.41, 5.74) is 2.83. The average Bonchev–Trinajstić information content (AvgIpc) is 2.97. The number of fused-ring (bicyclic) bond motifs is 1. The molecule has 0 saturated carbocycles. The van der Waals surface area contributed by atoms with E-state index < -0.39 is 0 Å². The Morgan fingerprint density at radius 2 is 1.88 bits per heavy atom. The summed E-state index contributed by atoms with van der Waals surface area (Å²) in [5.74, 6) is 0.636. The van der Waals surface area contributed by atoms with Crippen molar-refractivity contribution in [2.75, 3.05) is 0 Å². The standard InChI is InChI=1S/C18H12Cl2N4/c19-15-10-5-9-14(17(15)20)18-21-22-23-24(18)16-11-4-2-7-12-6-1-3-8-13(12)16/h1-11,13H. The van der Waals surface area contributed by atoms with Crippen molar-refractivity contribution in [3.8, 4) is 11.4 Å². The SMILES string of the molecule is Clc1cccc(-c2nnnn2C2=CC=CC=C3C=CC=CC32)c1Cl. The third-order valence-corrected chi connectivity index (χ3v) is 4.77. The highest BCUT2D eigenvalue weighted by Crippen LogP contribution is 2.36. The minimum absolute atomic E-state index is 0.0743. The minimum atomic E-state index is 0.0743. The van der Waals surface area contributed by atoms with E-state index in [4.69, 9.17) is 23.2 Å². The Balaban J connectivity index is 1.86. The number of halogens is 2. The zero-order valence-corrected chi connectivity index (χ0v) is 14.0. The van der Waals surface area contributed by atoms with Gasteiger partial charge in [-0.3, -0.25) is 0 Å². The monoisotopic (exact) mass is 354 g/mol. The first-order valence-electron chi connectivity index (χ1n) is 7.42. The molecule has 0 radical (unpaired) electrons. The first-order chi connectivity index (χ1) is 11.8. The number of benzene rings is 1. The Morgan fingerprint density at radius 1 is 1.00 bits per heavy atom. The quantitative estimate of drug-likeness (QED) is 0.783. The molecule has 4 nitrogen and oxygen atoms in total. The smallest absolute Gasteiger partial charge is 0.188 e. The molecule has 1 aromatic carbocycles. The molecule has 2 aromatic rings. The Morgan fingerprint density at radius 3 is 2.79 bits per heavy atom. The molecule has 4 rings (SSSR count). The lowest BCUT2D eigenvalue weighted by atomic mass is 9.91. The number of aromatic nitrogens is 4. The van der Waals surface area contributed by atoms with Crippen LogP contribution in [0.3, 0.4) is 0 Å². The van der Waals surface area contributed by atoms with Crippen LogP contribution in [0.25, 0.3) is 17.1 Å². The second kappa shape index (κ2) is 6.23. The third-order valence-electron chi connectivity index (χ3n) is 3.95. The summed E-state index contributed by atoms with van der Waals surface area (Å²) in [4.78, 5) is 0. The van der Waals surface area contributed by atoms with E-state index in [1.807, 2.05) is 42.5 Å². The lowest BCUT2D eigenvalue weighted by Gasteiger charge is -2.20. The van der Waals surface area contributed by atoms with Crippen LogP contribution >= 0.6 is 23.2 Å². The second-order valence-corrected chi connectivity index (χ2v) is 6.17. The molecule has 0 bridgehead atoms. The Kier molecular flexibility index (Phi) is 3.92. The van der Waals surface area contributed by atoms with Crippen LogP contribution < -0.4 is 0 Å². The summed E-state index contributed by atoms with van der Waals surface area (Å²) in [6, 6.07) is 5.43. The van der Waals surface area contributed by atoms with E-state index in [9.17, 15) is 0 Å². The highest BCUT2D eigenvalue weighted by molar-refractivity contribution is 6.43. The van der Waals surface area contributed by atoms with Crippen LogP contribution in [0.5, 0.6) is 0 Å². The molecule has 0 N–H and O–H groups in total. The molecule has 1 atom stereocenters. The van der Waals surface area contributed by atoms with E-state index in [2.05, 4.69) is 33.8 Å². The highest BCUT2D eigenvalue weighted by atomic mass is 35.5. The fourth-order valence-electron chi connectivity index (χ4n) is 2.82. The first kappa shape index (κ1) is 15.1. The van der Waals surface area contributed by atoms with E-state index in [-0.39, 0.29) is 5.92 Å². The molecular weight excluding hydrogens is 343 g/mol. The van der Waals surface area contributed by atoms with Crippen LogP contribution in [-0.2, 0) is 0 Å². The number of hydrogen-bond donors (Lipinski definition) is 0. The maximum absolute atomic E-state index is 6.35. The summed E-state index contributed by atoms with van der Waals surface area (Å²) in [5, 5.41) is 13.1. The Bertz CT molecular complexity index is 948. The fourth-order valence-corrected chi connectivity index (χ4v) is 3.20. The van der Waals surface area contributed by atoms with Gasteiger partial charge in [0.25, 0.3) is 0 Å². The van der Waals surface area contributed by atoms with Gasteiger partial charge in [-0.2, -0.15) is 4.68 Å². The van der Waals surface area contributed by atoms with Gasteiger partial charge in [-0.05, 0) is 34.2 Å². The van der Waals surface area contributed by atoms with Crippen LogP contribution in [0.1, 0.15) is 0 Å². The zero-order chi connectivity index (χ0) is 16.5. The van der Waals surface area contributed by atoms with Crippen LogP contribution in [0, 0.1) is 5.92 Å². The molecule has 2 aliphatic carbocycles. The Labute approximate surface area is 149 Å². The van der Waals surface area contributed by atoms with Gasteiger partial charge in [0.2, 0.25) is 0 Å². The predicted molar refractivity (Wildman–Crippen MR) is 96.5 cm³/mol. The molecule has 1 unspecified atom stereocenters.